The first-order valence-corrected chi connectivity index (χ1v) is 7.33. The second-order valence-corrected chi connectivity index (χ2v) is 5.07. The van der Waals surface area contributed by atoms with Crippen LogP contribution in [-0.4, -0.2) is 24.2 Å². The van der Waals surface area contributed by atoms with Gasteiger partial charge >= 0.3 is 0 Å². The molecule has 0 saturated heterocycles. The fourth-order valence-corrected chi connectivity index (χ4v) is 2.50. The number of halogens is 1. The van der Waals surface area contributed by atoms with Crippen molar-refractivity contribution >= 4 is 17.2 Å². The third-order valence-corrected chi connectivity index (χ3v) is 3.54. The van der Waals surface area contributed by atoms with Gasteiger partial charge in [-0.15, -0.1) is 0 Å². The SMILES string of the molecule is O=C(NCCc1ccsc1)c1cc(F)ccc1C#CCO. The summed E-state index contributed by atoms with van der Waals surface area (Å²) in [5.74, 6) is 4.25. The molecule has 5 heteroatoms. The van der Waals surface area contributed by atoms with Crippen molar-refractivity contribution in [3.8, 4) is 11.8 Å². The zero-order chi connectivity index (χ0) is 15.1. The first-order chi connectivity index (χ1) is 10.2. The van der Waals surface area contributed by atoms with Crippen LogP contribution in [0, 0.1) is 17.7 Å². The van der Waals surface area contributed by atoms with Gasteiger partial charge in [-0.25, -0.2) is 4.39 Å². The number of aliphatic hydroxyl groups is 1. The lowest BCUT2D eigenvalue weighted by Crippen LogP contribution is -2.26. The molecule has 0 saturated carbocycles. The number of hydrogen-bond donors (Lipinski definition) is 2. The second-order valence-electron chi connectivity index (χ2n) is 4.29. The molecule has 3 nitrogen and oxygen atoms in total. The van der Waals surface area contributed by atoms with E-state index in [4.69, 9.17) is 5.11 Å². The fourth-order valence-electron chi connectivity index (χ4n) is 1.80. The number of aliphatic hydroxyl groups excluding tert-OH is 1. The third-order valence-electron chi connectivity index (χ3n) is 2.81. The predicted octanol–water partition coefficient (Wildman–Crippen LogP) is 2.20. The van der Waals surface area contributed by atoms with E-state index in [1.165, 1.54) is 12.1 Å². The molecule has 1 aromatic carbocycles. The predicted molar refractivity (Wildman–Crippen MR) is 80.7 cm³/mol. The molecule has 0 atom stereocenters. The minimum absolute atomic E-state index is 0.182. The number of thiophene rings is 1. The number of benzene rings is 1. The van der Waals surface area contributed by atoms with Crippen molar-refractivity contribution in [1.29, 1.82) is 0 Å². The molecule has 0 aliphatic rings. The number of amides is 1. The Labute approximate surface area is 126 Å². The molecule has 0 aliphatic carbocycles. The number of carbonyl (C=O) groups excluding carboxylic acids is 1. The Morgan fingerprint density at radius 2 is 2.24 bits per heavy atom. The zero-order valence-electron chi connectivity index (χ0n) is 11.2. The minimum Gasteiger partial charge on any atom is -0.384 e. The summed E-state index contributed by atoms with van der Waals surface area (Å²) in [4.78, 5) is 12.1. The third kappa shape index (κ3) is 4.42. The van der Waals surface area contributed by atoms with Gasteiger partial charge in [0.05, 0.1) is 5.56 Å². The molecule has 2 aromatic rings. The summed E-state index contributed by atoms with van der Waals surface area (Å²) < 4.78 is 13.3. The van der Waals surface area contributed by atoms with E-state index in [9.17, 15) is 9.18 Å². The molecule has 0 radical (unpaired) electrons. The molecule has 1 heterocycles. The quantitative estimate of drug-likeness (QED) is 0.851. The molecule has 0 spiro atoms. The minimum atomic E-state index is -0.493. The first kappa shape index (κ1) is 15.2. The van der Waals surface area contributed by atoms with Gasteiger partial charge in [0.1, 0.15) is 12.4 Å². The number of hydrogen-bond acceptors (Lipinski definition) is 3. The van der Waals surface area contributed by atoms with Crippen molar-refractivity contribution in [2.24, 2.45) is 0 Å². The molecule has 0 fully saturated rings. The van der Waals surface area contributed by atoms with E-state index < -0.39 is 5.82 Å². The molecule has 0 unspecified atom stereocenters. The Kier molecular flexibility index (Phi) is 5.50. The van der Waals surface area contributed by atoms with Gasteiger partial charge in [-0.05, 0) is 47.0 Å². The topological polar surface area (TPSA) is 49.3 Å². The standard InChI is InChI=1S/C16H14FNO2S/c17-14-4-3-13(2-1-8-19)15(10-14)16(20)18-7-5-12-6-9-21-11-12/h3-4,6,9-11,19H,5,7-8H2,(H,18,20). The highest BCUT2D eigenvalue weighted by Gasteiger charge is 2.11. The number of nitrogens with one attached hydrogen (secondary N) is 1. The van der Waals surface area contributed by atoms with Gasteiger partial charge in [0, 0.05) is 12.1 Å². The van der Waals surface area contributed by atoms with Crippen molar-refractivity contribution < 1.29 is 14.3 Å². The highest BCUT2D eigenvalue weighted by molar-refractivity contribution is 7.07. The normalized spacial score (nSPS) is 9.81. The largest absolute Gasteiger partial charge is 0.384 e. The van der Waals surface area contributed by atoms with Gasteiger partial charge in [-0.1, -0.05) is 11.8 Å². The lowest BCUT2D eigenvalue weighted by Gasteiger charge is -2.07. The van der Waals surface area contributed by atoms with Crippen LogP contribution in [0.2, 0.25) is 0 Å². The highest BCUT2D eigenvalue weighted by atomic mass is 32.1. The van der Waals surface area contributed by atoms with Crippen molar-refractivity contribution in [1.82, 2.24) is 5.32 Å². The lowest BCUT2D eigenvalue weighted by molar-refractivity contribution is 0.0953. The summed E-state index contributed by atoms with van der Waals surface area (Å²) in [7, 11) is 0. The zero-order valence-corrected chi connectivity index (χ0v) is 12.0. The Balaban J connectivity index is 2.05. The van der Waals surface area contributed by atoms with Crippen LogP contribution in [0.15, 0.2) is 35.0 Å². The van der Waals surface area contributed by atoms with E-state index in [0.29, 0.717) is 12.1 Å². The molecular formula is C16H14FNO2S. The van der Waals surface area contributed by atoms with E-state index >= 15 is 0 Å². The summed E-state index contributed by atoms with van der Waals surface area (Å²) in [6.07, 6.45) is 0.724. The van der Waals surface area contributed by atoms with Crippen LogP contribution in [-0.2, 0) is 6.42 Å². The van der Waals surface area contributed by atoms with Crippen LogP contribution in [0.3, 0.4) is 0 Å². The maximum Gasteiger partial charge on any atom is 0.252 e. The van der Waals surface area contributed by atoms with Crippen LogP contribution < -0.4 is 5.32 Å². The van der Waals surface area contributed by atoms with Crippen LogP contribution in [0.5, 0.6) is 0 Å². The molecular weight excluding hydrogens is 289 g/mol. The van der Waals surface area contributed by atoms with E-state index in [1.807, 2.05) is 16.8 Å². The van der Waals surface area contributed by atoms with Gasteiger partial charge in [0.2, 0.25) is 0 Å². The maximum atomic E-state index is 13.3. The molecule has 0 bridgehead atoms. The molecule has 21 heavy (non-hydrogen) atoms. The van der Waals surface area contributed by atoms with Crippen molar-refractivity contribution in [3.05, 3.63) is 57.5 Å². The second kappa shape index (κ2) is 7.58. The maximum absolute atomic E-state index is 13.3. The Hall–Kier alpha value is -2.16. The van der Waals surface area contributed by atoms with E-state index in [0.717, 1.165) is 18.1 Å². The van der Waals surface area contributed by atoms with Gasteiger partial charge < -0.3 is 10.4 Å². The summed E-state index contributed by atoms with van der Waals surface area (Å²) in [5.41, 5.74) is 1.74. The molecule has 2 N–H and O–H groups in total. The summed E-state index contributed by atoms with van der Waals surface area (Å²) in [6, 6.07) is 5.83. The summed E-state index contributed by atoms with van der Waals surface area (Å²) >= 11 is 1.60. The van der Waals surface area contributed by atoms with Gasteiger partial charge in [-0.2, -0.15) is 11.3 Å². The first-order valence-electron chi connectivity index (χ1n) is 6.39. The smallest absolute Gasteiger partial charge is 0.252 e. The summed E-state index contributed by atoms with van der Waals surface area (Å²) in [5, 5.41) is 15.5. The average Bonchev–Trinajstić information content (AvgIpc) is 2.99. The van der Waals surface area contributed by atoms with Gasteiger partial charge in [-0.3, -0.25) is 4.79 Å². The van der Waals surface area contributed by atoms with Gasteiger partial charge in [0.25, 0.3) is 5.91 Å². The van der Waals surface area contributed by atoms with E-state index in [2.05, 4.69) is 17.2 Å². The van der Waals surface area contributed by atoms with Crippen molar-refractivity contribution in [2.45, 2.75) is 6.42 Å². The molecule has 2 rings (SSSR count). The van der Waals surface area contributed by atoms with Crippen LogP contribution in [0.4, 0.5) is 4.39 Å². The summed E-state index contributed by atoms with van der Waals surface area (Å²) in [6.45, 7) is 0.162. The highest BCUT2D eigenvalue weighted by Crippen LogP contribution is 2.11. The number of rotatable bonds is 4. The molecule has 108 valence electrons. The van der Waals surface area contributed by atoms with Crippen LogP contribution >= 0.6 is 11.3 Å². The monoisotopic (exact) mass is 303 g/mol. The van der Waals surface area contributed by atoms with Crippen molar-refractivity contribution in [3.63, 3.8) is 0 Å². The Bertz CT molecular complexity index is 671. The molecule has 1 aromatic heterocycles. The molecule has 0 aliphatic heterocycles. The molecule has 1 amide bonds. The van der Waals surface area contributed by atoms with E-state index in [1.54, 1.807) is 11.3 Å². The van der Waals surface area contributed by atoms with Crippen molar-refractivity contribution in [2.75, 3.05) is 13.2 Å². The average molecular weight is 303 g/mol. The lowest BCUT2D eigenvalue weighted by atomic mass is 10.1. The fraction of sp³-hybridized carbons (Fsp3) is 0.188. The van der Waals surface area contributed by atoms with Crippen LogP contribution in [0.25, 0.3) is 0 Å². The van der Waals surface area contributed by atoms with Crippen LogP contribution in [0.1, 0.15) is 21.5 Å². The number of carbonyl (C=O) groups is 1. The van der Waals surface area contributed by atoms with E-state index in [-0.39, 0.29) is 18.1 Å². The van der Waals surface area contributed by atoms with Gasteiger partial charge in [0.15, 0.2) is 0 Å². The Morgan fingerprint density at radius 3 is 2.95 bits per heavy atom. The Morgan fingerprint density at radius 1 is 1.38 bits per heavy atom.